The van der Waals surface area contributed by atoms with E-state index in [1.807, 2.05) is 18.2 Å². The molecule has 2 aromatic rings. The molecule has 1 aliphatic rings. The van der Waals surface area contributed by atoms with Gasteiger partial charge in [0.25, 0.3) is 5.91 Å². The molecule has 1 atom stereocenters. The van der Waals surface area contributed by atoms with E-state index in [4.69, 9.17) is 9.47 Å². The van der Waals surface area contributed by atoms with E-state index in [1.165, 1.54) is 0 Å². The van der Waals surface area contributed by atoms with Gasteiger partial charge in [-0.15, -0.1) is 0 Å². The molecule has 6 heteroatoms. The van der Waals surface area contributed by atoms with Gasteiger partial charge < -0.3 is 14.8 Å². The number of benzene rings is 2. The maximum Gasteiger partial charge on any atom is 0.258 e. The highest BCUT2D eigenvalue weighted by Gasteiger charge is 2.21. The number of ketones is 1. The lowest BCUT2D eigenvalue weighted by Crippen LogP contribution is -2.48. The van der Waals surface area contributed by atoms with Crippen LogP contribution in [0.15, 0.2) is 54.6 Å². The van der Waals surface area contributed by atoms with Gasteiger partial charge >= 0.3 is 0 Å². The average molecular weight is 411 g/mol. The van der Waals surface area contributed by atoms with Crippen LogP contribution in [0.4, 0.5) is 0 Å². The summed E-state index contributed by atoms with van der Waals surface area (Å²) in [5.41, 5.74) is 1.22. The molecule has 0 aromatic heterocycles. The van der Waals surface area contributed by atoms with Crippen molar-refractivity contribution in [1.29, 1.82) is 0 Å². The highest BCUT2D eigenvalue weighted by molar-refractivity contribution is 6.08. The quantitative estimate of drug-likeness (QED) is 0.644. The summed E-state index contributed by atoms with van der Waals surface area (Å²) in [6.07, 6.45) is 0.00438. The molecule has 160 valence electrons. The van der Waals surface area contributed by atoms with Crippen molar-refractivity contribution < 1.29 is 19.1 Å². The van der Waals surface area contributed by atoms with Gasteiger partial charge in [-0.05, 0) is 30.2 Å². The minimum Gasteiger partial charge on any atom is -0.484 e. The fourth-order valence-electron chi connectivity index (χ4n) is 3.47. The van der Waals surface area contributed by atoms with Gasteiger partial charge in [0.15, 0.2) is 12.4 Å². The van der Waals surface area contributed by atoms with Gasteiger partial charge in [-0.1, -0.05) is 44.2 Å². The van der Waals surface area contributed by atoms with Gasteiger partial charge in [0, 0.05) is 37.3 Å². The van der Waals surface area contributed by atoms with Crippen molar-refractivity contribution >= 4 is 11.7 Å². The van der Waals surface area contributed by atoms with Gasteiger partial charge in [0.05, 0.1) is 12.7 Å². The summed E-state index contributed by atoms with van der Waals surface area (Å²) in [4.78, 5) is 26.9. The van der Waals surface area contributed by atoms with Crippen LogP contribution in [0.25, 0.3) is 0 Å². The largest absolute Gasteiger partial charge is 0.484 e. The number of carbonyl (C=O) groups excluding carboxylic acids is 2. The van der Waals surface area contributed by atoms with Crippen LogP contribution < -0.4 is 10.1 Å². The van der Waals surface area contributed by atoms with Crippen molar-refractivity contribution in [2.45, 2.75) is 20.0 Å². The number of amides is 1. The summed E-state index contributed by atoms with van der Waals surface area (Å²) in [6, 6.07) is 16.0. The number of nitrogens with zero attached hydrogens (tertiary/aromatic N) is 1. The first-order valence-electron chi connectivity index (χ1n) is 10.4. The Balaban J connectivity index is 1.41. The summed E-state index contributed by atoms with van der Waals surface area (Å²) in [7, 11) is 0. The third-order valence-electron chi connectivity index (χ3n) is 4.90. The monoisotopic (exact) mass is 410 g/mol. The molecule has 0 saturated carbocycles. The van der Waals surface area contributed by atoms with E-state index in [9.17, 15) is 9.59 Å². The highest BCUT2D eigenvalue weighted by atomic mass is 16.5. The zero-order valence-corrected chi connectivity index (χ0v) is 17.7. The average Bonchev–Trinajstić information content (AvgIpc) is 2.76. The molecule has 0 aliphatic carbocycles. The lowest BCUT2D eigenvalue weighted by Gasteiger charge is -2.33. The van der Waals surface area contributed by atoms with E-state index < -0.39 is 0 Å². The standard InChI is InChI=1S/C24H30N2O4/c1-18(2)15-26-12-13-29-22(16-26)14-25-23(27)17-30-21-10-8-20(9-11-21)24(28)19-6-4-3-5-7-19/h3-11,18,22H,12-17H2,1-2H3,(H,25,27)/t22-/m1/s1. The number of rotatable bonds is 9. The second kappa shape index (κ2) is 10.9. The van der Waals surface area contributed by atoms with Crippen molar-refractivity contribution in [2.75, 3.05) is 39.4 Å². The number of carbonyl (C=O) groups is 2. The summed E-state index contributed by atoms with van der Waals surface area (Å²) < 4.78 is 11.3. The van der Waals surface area contributed by atoms with Gasteiger partial charge in [0.2, 0.25) is 0 Å². The summed E-state index contributed by atoms with van der Waals surface area (Å²) in [6.45, 7) is 8.30. The highest BCUT2D eigenvalue weighted by Crippen LogP contribution is 2.15. The molecular formula is C24H30N2O4. The molecule has 3 rings (SSSR count). The Hall–Kier alpha value is -2.70. The van der Waals surface area contributed by atoms with Gasteiger partial charge in [-0.3, -0.25) is 14.5 Å². The van der Waals surface area contributed by atoms with Gasteiger partial charge in [0.1, 0.15) is 5.75 Å². The zero-order chi connectivity index (χ0) is 21.3. The number of hydrogen-bond donors (Lipinski definition) is 1. The molecule has 1 saturated heterocycles. The van der Waals surface area contributed by atoms with Crippen LogP contribution in [0.2, 0.25) is 0 Å². The van der Waals surface area contributed by atoms with Crippen molar-refractivity contribution in [2.24, 2.45) is 5.92 Å². The number of hydrogen-bond acceptors (Lipinski definition) is 5. The number of morpholine rings is 1. The first-order valence-corrected chi connectivity index (χ1v) is 10.4. The molecule has 1 N–H and O–H groups in total. The predicted molar refractivity (Wildman–Crippen MR) is 116 cm³/mol. The first-order chi connectivity index (χ1) is 14.5. The van der Waals surface area contributed by atoms with Crippen molar-refractivity contribution in [3.63, 3.8) is 0 Å². The van der Waals surface area contributed by atoms with Crippen molar-refractivity contribution in [3.8, 4) is 5.75 Å². The van der Waals surface area contributed by atoms with Crippen LogP contribution in [-0.4, -0.2) is 62.1 Å². The Morgan fingerprint density at radius 3 is 2.50 bits per heavy atom. The molecular weight excluding hydrogens is 380 g/mol. The smallest absolute Gasteiger partial charge is 0.258 e. The fourth-order valence-corrected chi connectivity index (χ4v) is 3.47. The van der Waals surface area contributed by atoms with E-state index in [1.54, 1.807) is 36.4 Å². The minimum atomic E-state index is -0.191. The van der Waals surface area contributed by atoms with E-state index >= 15 is 0 Å². The normalized spacial score (nSPS) is 17.0. The van der Waals surface area contributed by atoms with E-state index in [0.29, 0.717) is 35.9 Å². The topological polar surface area (TPSA) is 67.9 Å². The van der Waals surface area contributed by atoms with E-state index in [0.717, 1.165) is 19.6 Å². The Labute approximate surface area is 178 Å². The van der Waals surface area contributed by atoms with Crippen molar-refractivity contribution in [3.05, 3.63) is 65.7 Å². The molecule has 30 heavy (non-hydrogen) atoms. The second-order valence-corrected chi connectivity index (χ2v) is 7.96. The molecule has 0 bridgehead atoms. The summed E-state index contributed by atoms with van der Waals surface area (Å²) >= 11 is 0. The van der Waals surface area contributed by atoms with E-state index in [-0.39, 0.29) is 24.4 Å². The van der Waals surface area contributed by atoms with Gasteiger partial charge in [-0.2, -0.15) is 0 Å². The Kier molecular flexibility index (Phi) is 7.99. The maximum absolute atomic E-state index is 12.4. The lowest BCUT2D eigenvalue weighted by atomic mass is 10.0. The third kappa shape index (κ3) is 6.68. The molecule has 1 fully saturated rings. The molecule has 2 aromatic carbocycles. The molecule has 0 unspecified atom stereocenters. The molecule has 1 heterocycles. The summed E-state index contributed by atoms with van der Waals surface area (Å²) in [5.74, 6) is 0.927. The predicted octanol–water partition coefficient (Wildman–Crippen LogP) is 2.77. The zero-order valence-electron chi connectivity index (χ0n) is 17.7. The van der Waals surface area contributed by atoms with Crippen LogP contribution >= 0.6 is 0 Å². The number of ether oxygens (including phenoxy) is 2. The first kappa shape index (κ1) is 22.0. The van der Waals surface area contributed by atoms with Crippen molar-refractivity contribution in [1.82, 2.24) is 10.2 Å². The van der Waals surface area contributed by atoms with Crippen LogP contribution in [0.1, 0.15) is 29.8 Å². The molecule has 1 amide bonds. The Morgan fingerprint density at radius 1 is 1.10 bits per heavy atom. The lowest BCUT2D eigenvalue weighted by molar-refractivity contribution is -0.124. The minimum absolute atomic E-state index is 0.00438. The van der Waals surface area contributed by atoms with Crippen LogP contribution in [0, 0.1) is 5.92 Å². The van der Waals surface area contributed by atoms with E-state index in [2.05, 4.69) is 24.1 Å². The summed E-state index contributed by atoms with van der Waals surface area (Å²) in [5, 5.41) is 2.88. The van der Waals surface area contributed by atoms with Crippen LogP contribution in [-0.2, 0) is 9.53 Å². The molecule has 0 spiro atoms. The second-order valence-electron chi connectivity index (χ2n) is 7.96. The Morgan fingerprint density at radius 2 is 1.80 bits per heavy atom. The molecule has 6 nitrogen and oxygen atoms in total. The third-order valence-corrected chi connectivity index (χ3v) is 4.90. The Bertz CT molecular complexity index is 821. The van der Waals surface area contributed by atoms with Gasteiger partial charge in [-0.25, -0.2) is 0 Å². The SMILES string of the molecule is CC(C)CN1CCO[C@H](CNC(=O)COc2ccc(C(=O)c3ccccc3)cc2)C1. The number of nitrogens with one attached hydrogen (secondary N) is 1. The molecule has 1 aliphatic heterocycles. The van der Waals surface area contributed by atoms with Crippen LogP contribution in [0.3, 0.4) is 0 Å². The fraction of sp³-hybridized carbons (Fsp3) is 0.417. The molecule has 0 radical (unpaired) electrons. The maximum atomic E-state index is 12.4. The van der Waals surface area contributed by atoms with Crippen LogP contribution in [0.5, 0.6) is 5.75 Å².